The van der Waals surface area contributed by atoms with Gasteiger partial charge in [0.05, 0.1) is 0 Å². The van der Waals surface area contributed by atoms with Gasteiger partial charge in [-0.25, -0.2) is 0 Å². The highest BCUT2D eigenvalue weighted by Gasteiger charge is 2.33. The Labute approximate surface area is 129 Å². The third kappa shape index (κ3) is 3.54. The number of rotatable bonds is 5. The highest BCUT2D eigenvalue weighted by Crippen LogP contribution is 2.39. The fourth-order valence-corrected chi connectivity index (χ4v) is 3.54. The fourth-order valence-electron chi connectivity index (χ4n) is 2.78. The van der Waals surface area contributed by atoms with Crippen LogP contribution in [-0.4, -0.2) is 31.9 Å². The van der Waals surface area contributed by atoms with Crippen LogP contribution in [0.25, 0.3) is 0 Å². The molecule has 20 heavy (non-hydrogen) atoms. The Balaban J connectivity index is 1.99. The molecule has 0 heterocycles. The van der Waals surface area contributed by atoms with Gasteiger partial charge >= 0.3 is 0 Å². The van der Waals surface area contributed by atoms with Crippen LogP contribution >= 0.6 is 15.9 Å². The van der Waals surface area contributed by atoms with Gasteiger partial charge in [-0.15, -0.1) is 0 Å². The van der Waals surface area contributed by atoms with Gasteiger partial charge in [0, 0.05) is 37.2 Å². The number of nitrogens with one attached hydrogen (secondary N) is 1. The first-order chi connectivity index (χ1) is 9.56. The lowest BCUT2D eigenvalue weighted by molar-refractivity contribution is 0.0935. The van der Waals surface area contributed by atoms with Crippen molar-refractivity contribution in [1.82, 2.24) is 5.32 Å². The lowest BCUT2D eigenvalue weighted by Crippen LogP contribution is -2.37. The second-order valence-corrected chi connectivity index (χ2v) is 6.53. The van der Waals surface area contributed by atoms with Gasteiger partial charge < -0.3 is 10.2 Å². The molecule has 1 saturated carbocycles. The molecule has 0 atom stereocenters. The maximum atomic E-state index is 12.3. The normalized spacial score (nSPS) is 16.9. The van der Waals surface area contributed by atoms with Crippen molar-refractivity contribution in [2.24, 2.45) is 5.41 Å². The molecule has 2 rings (SSSR count). The summed E-state index contributed by atoms with van der Waals surface area (Å²) in [5, 5.41) is 4.08. The summed E-state index contributed by atoms with van der Waals surface area (Å²) in [5.41, 5.74) is 2.04. The molecule has 4 heteroatoms. The Bertz CT molecular complexity index is 467. The van der Waals surface area contributed by atoms with Crippen LogP contribution in [0.1, 0.15) is 36.0 Å². The SMILES string of the molecule is CN(C)c1cccc(C(=O)NCC2(CBr)CCCC2)c1. The largest absolute Gasteiger partial charge is 0.378 e. The topological polar surface area (TPSA) is 32.3 Å². The molecule has 1 aliphatic rings. The molecule has 1 N–H and O–H groups in total. The van der Waals surface area contributed by atoms with Crippen LogP contribution in [0.4, 0.5) is 5.69 Å². The van der Waals surface area contributed by atoms with Gasteiger partial charge in [-0.3, -0.25) is 4.79 Å². The van der Waals surface area contributed by atoms with Gasteiger partial charge in [0.1, 0.15) is 0 Å². The van der Waals surface area contributed by atoms with Crippen molar-refractivity contribution in [3.05, 3.63) is 29.8 Å². The zero-order valence-corrected chi connectivity index (χ0v) is 13.9. The molecular weight excluding hydrogens is 316 g/mol. The molecule has 0 aliphatic heterocycles. The van der Waals surface area contributed by atoms with Crippen molar-refractivity contribution < 1.29 is 4.79 Å². The number of carbonyl (C=O) groups is 1. The molecule has 1 aromatic rings. The summed E-state index contributed by atoms with van der Waals surface area (Å²) < 4.78 is 0. The Morgan fingerprint density at radius 1 is 1.35 bits per heavy atom. The molecule has 1 amide bonds. The van der Waals surface area contributed by atoms with Crippen molar-refractivity contribution in [3.63, 3.8) is 0 Å². The Hall–Kier alpha value is -1.03. The smallest absolute Gasteiger partial charge is 0.251 e. The van der Waals surface area contributed by atoms with Crippen LogP contribution in [0.3, 0.4) is 0 Å². The summed E-state index contributed by atoms with van der Waals surface area (Å²) in [5.74, 6) is 0.0286. The molecule has 0 radical (unpaired) electrons. The average Bonchev–Trinajstić information content (AvgIpc) is 2.94. The Morgan fingerprint density at radius 2 is 2.05 bits per heavy atom. The summed E-state index contributed by atoms with van der Waals surface area (Å²) in [6.45, 7) is 0.767. The molecule has 0 saturated heterocycles. The number of hydrogen-bond donors (Lipinski definition) is 1. The van der Waals surface area contributed by atoms with E-state index in [0.717, 1.165) is 23.1 Å². The molecule has 1 fully saturated rings. The summed E-state index contributed by atoms with van der Waals surface area (Å²) in [6.07, 6.45) is 4.96. The van der Waals surface area contributed by atoms with E-state index in [1.54, 1.807) is 0 Å². The highest BCUT2D eigenvalue weighted by atomic mass is 79.9. The van der Waals surface area contributed by atoms with Gasteiger partial charge in [0.25, 0.3) is 5.91 Å². The Morgan fingerprint density at radius 3 is 2.65 bits per heavy atom. The number of hydrogen-bond acceptors (Lipinski definition) is 2. The number of halogens is 1. The summed E-state index contributed by atoms with van der Waals surface area (Å²) >= 11 is 3.61. The van der Waals surface area contributed by atoms with E-state index in [1.165, 1.54) is 25.7 Å². The number of nitrogens with zero attached hydrogens (tertiary/aromatic N) is 1. The maximum absolute atomic E-state index is 12.3. The lowest BCUT2D eigenvalue weighted by Gasteiger charge is -2.26. The van der Waals surface area contributed by atoms with E-state index in [4.69, 9.17) is 0 Å². The third-order valence-corrected chi connectivity index (χ3v) is 5.39. The highest BCUT2D eigenvalue weighted by molar-refractivity contribution is 9.09. The minimum Gasteiger partial charge on any atom is -0.378 e. The summed E-state index contributed by atoms with van der Waals surface area (Å²) in [6, 6.07) is 7.75. The first-order valence-electron chi connectivity index (χ1n) is 7.18. The molecular formula is C16H23BrN2O. The van der Waals surface area contributed by atoms with Gasteiger partial charge in [-0.1, -0.05) is 34.8 Å². The van der Waals surface area contributed by atoms with E-state index < -0.39 is 0 Å². The van der Waals surface area contributed by atoms with Crippen molar-refractivity contribution >= 4 is 27.5 Å². The van der Waals surface area contributed by atoms with Crippen molar-refractivity contribution in [2.75, 3.05) is 30.9 Å². The molecule has 0 aromatic heterocycles. The van der Waals surface area contributed by atoms with Gasteiger partial charge in [0.2, 0.25) is 0 Å². The molecule has 0 bridgehead atoms. The quantitative estimate of drug-likeness (QED) is 0.834. The monoisotopic (exact) mass is 338 g/mol. The number of carbonyl (C=O) groups excluding carboxylic acids is 1. The van der Waals surface area contributed by atoms with Crippen LogP contribution < -0.4 is 10.2 Å². The number of amides is 1. The fraction of sp³-hybridized carbons (Fsp3) is 0.562. The van der Waals surface area contributed by atoms with E-state index in [1.807, 2.05) is 43.3 Å². The van der Waals surface area contributed by atoms with E-state index in [-0.39, 0.29) is 11.3 Å². The summed E-state index contributed by atoms with van der Waals surface area (Å²) in [4.78, 5) is 14.3. The molecule has 110 valence electrons. The summed E-state index contributed by atoms with van der Waals surface area (Å²) in [7, 11) is 3.96. The van der Waals surface area contributed by atoms with E-state index in [2.05, 4.69) is 21.2 Å². The van der Waals surface area contributed by atoms with Crippen LogP contribution in [0, 0.1) is 5.41 Å². The van der Waals surface area contributed by atoms with Gasteiger partial charge in [-0.2, -0.15) is 0 Å². The van der Waals surface area contributed by atoms with Crippen LogP contribution in [0.15, 0.2) is 24.3 Å². The first-order valence-corrected chi connectivity index (χ1v) is 8.30. The molecule has 0 unspecified atom stereocenters. The zero-order chi connectivity index (χ0) is 14.6. The third-order valence-electron chi connectivity index (χ3n) is 4.20. The van der Waals surface area contributed by atoms with Crippen LogP contribution in [0.2, 0.25) is 0 Å². The van der Waals surface area contributed by atoms with Gasteiger partial charge in [-0.05, 0) is 36.5 Å². The van der Waals surface area contributed by atoms with Gasteiger partial charge in [0.15, 0.2) is 0 Å². The van der Waals surface area contributed by atoms with E-state index >= 15 is 0 Å². The number of benzene rings is 1. The van der Waals surface area contributed by atoms with Crippen molar-refractivity contribution in [1.29, 1.82) is 0 Å². The first kappa shape index (κ1) is 15.4. The standard InChI is InChI=1S/C16H23BrN2O/c1-19(2)14-7-5-6-13(10-14)15(20)18-12-16(11-17)8-3-4-9-16/h5-7,10H,3-4,8-9,11-12H2,1-2H3,(H,18,20). The van der Waals surface area contributed by atoms with E-state index in [9.17, 15) is 4.79 Å². The van der Waals surface area contributed by atoms with E-state index in [0.29, 0.717) is 0 Å². The predicted molar refractivity (Wildman–Crippen MR) is 87.8 cm³/mol. The molecule has 1 aromatic carbocycles. The van der Waals surface area contributed by atoms with Crippen LogP contribution in [-0.2, 0) is 0 Å². The minimum absolute atomic E-state index is 0.0286. The number of alkyl halides is 1. The number of anilines is 1. The molecule has 3 nitrogen and oxygen atoms in total. The average molecular weight is 339 g/mol. The second kappa shape index (κ2) is 6.61. The molecule has 0 spiro atoms. The van der Waals surface area contributed by atoms with Crippen molar-refractivity contribution in [2.45, 2.75) is 25.7 Å². The zero-order valence-electron chi connectivity index (χ0n) is 12.3. The maximum Gasteiger partial charge on any atom is 0.251 e. The van der Waals surface area contributed by atoms with Crippen LogP contribution in [0.5, 0.6) is 0 Å². The second-order valence-electron chi connectivity index (χ2n) is 5.97. The minimum atomic E-state index is 0.0286. The lowest BCUT2D eigenvalue weighted by atomic mass is 9.89. The Kier molecular flexibility index (Phi) is 5.08. The molecule has 1 aliphatic carbocycles. The van der Waals surface area contributed by atoms with Crippen molar-refractivity contribution in [3.8, 4) is 0 Å². The predicted octanol–water partition coefficient (Wildman–Crippen LogP) is 3.44.